The van der Waals surface area contributed by atoms with Crippen molar-refractivity contribution >= 4 is 0 Å². The molecule has 0 saturated carbocycles. The van der Waals surface area contributed by atoms with Crippen molar-refractivity contribution in [2.75, 3.05) is 6.61 Å². The van der Waals surface area contributed by atoms with Gasteiger partial charge in [-0.25, -0.2) is 0 Å². The molecule has 56 valence electrons. The van der Waals surface area contributed by atoms with Gasteiger partial charge in [-0.1, -0.05) is 23.8 Å². The summed E-state index contributed by atoms with van der Waals surface area (Å²) in [6, 6.07) is 0. The van der Waals surface area contributed by atoms with E-state index >= 15 is 0 Å². The van der Waals surface area contributed by atoms with Gasteiger partial charge in [0.25, 0.3) is 0 Å². The van der Waals surface area contributed by atoms with Gasteiger partial charge in [-0.2, -0.15) is 0 Å². The molecule has 1 heteroatoms. The molecule has 1 rings (SSSR count). The van der Waals surface area contributed by atoms with E-state index in [1.54, 1.807) is 0 Å². The molecule has 0 spiro atoms. The van der Waals surface area contributed by atoms with Crippen molar-refractivity contribution in [2.45, 2.75) is 25.7 Å². The number of hydrogen-bond acceptors (Lipinski definition) is 1. The van der Waals surface area contributed by atoms with Gasteiger partial charge in [0, 0.05) is 6.61 Å². The Morgan fingerprint density at radius 1 is 1.40 bits per heavy atom. The van der Waals surface area contributed by atoms with E-state index in [2.05, 4.69) is 18.2 Å². The third-order valence-corrected chi connectivity index (χ3v) is 1.75. The molecule has 1 nitrogen and oxygen atoms in total. The second-order valence-corrected chi connectivity index (χ2v) is 2.64. The molecule has 0 bridgehead atoms. The summed E-state index contributed by atoms with van der Waals surface area (Å²) in [5.74, 6) is 0. The number of rotatable bonds is 4. The number of aliphatic hydroxyl groups excluding tert-OH is 1. The van der Waals surface area contributed by atoms with Crippen LogP contribution in [-0.2, 0) is 0 Å². The molecule has 0 aromatic rings. The van der Waals surface area contributed by atoms with Gasteiger partial charge in [0.15, 0.2) is 0 Å². The first-order chi connectivity index (χ1) is 4.93. The van der Waals surface area contributed by atoms with Crippen LogP contribution in [0.15, 0.2) is 23.8 Å². The van der Waals surface area contributed by atoms with Crippen LogP contribution in [0.4, 0.5) is 0 Å². The standard InChI is InChI=1S/C9H14O/c10-8-4-3-7-9-5-1-2-6-9/h1-2,5,10H,3-4,6-8H2. The van der Waals surface area contributed by atoms with Crippen molar-refractivity contribution in [3.63, 3.8) is 0 Å². The zero-order valence-corrected chi connectivity index (χ0v) is 6.21. The highest BCUT2D eigenvalue weighted by Crippen LogP contribution is 2.16. The van der Waals surface area contributed by atoms with E-state index in [4.69, 9.17) is 5.11 Å². The Balaban J connectivity index is 2.04. The number of aliphatic hydroxyl groups is 1. The molecule has 1 aliphatic carbocycles. The maximum atomic E-state index is 8.51. The van der Waals surface area contributed by atoms with Crippen LogP contribution in [0.2, 0.25) is 0 Å². The molecule has 0 aromatic carbocycles. The fraction of sp³-hybridized carbons (Fsp3) is 0.556. The van der Waals surface area contributed by atoms with E-state index in [1.165, 1.54) is 5.57 Å². The van der Waals surface area contributed by atoms with Crippen molar-refractivity contribution in [3.05, 3.63) is 23.8 Å². The van der Waals surface area contributed by atoms with Crippen LogP contribution < -0.4 is 0 Å². The molecule has 10 heavy (non-hydrogen) atoms. The molecule has 0 aliphatic heterocycles. The van der Waals surface area contributed by atoms with Crippen LogP contribution in [0.5, 0.6) is 0 Å². The van der Waals surface area contributed by atoms with Crippen LogP contribution >= 0.6 is 0 Å². The largest absolute Gasteiger partial charge is 0.396 e. The van der Waals surface area contributed by atoms with Crippen molar-refractivity contribution in [2.24, 2.45) is 0 Å². The van der Waals surface area contributed by atoms with Gasteiger partial charge in [-0.15, -0.1) is 0 Å². The average Bonchev–Trinajstić information content (AvgIpc) is 2.41. The third kappa shape index (κ3) is 2.36. The van der Waals surface area contributed by atoms with Gasteiger partial charge >= 0.3 is 0 Å². The van der Waals surface area contributed by atoms with E-state index in [9.17, 15) is 0 Å². The lowest BCUT2D eigenvalue weighted by atomic mass is 10.1. The van der Waals surface area contributed by atoms with E-state index in [1.807, 2.05) is 0 Å². The van der Waals surface area contributed by atoms with Gasteiger partial charge in [0.2, 0.25) is 0 Å². The monoisotopic (exact) mass is 138 g/mol. The molecule has 0 heterocycles. The molecule has 0 saturated heterocycles. The normalized spacial score (nSPS) is 15.9. The minimum absolute atomic E-state index is 0.334. The summed E-state index contributed by atoms with van der Waals surface area (Å²) in [5, 5.41) is 8.51. The lowest BCUT2D eigenvalue weighted by Gasteiger charge is -1.98. The zero-order chi connectivity index (χ0) is 7.23. The lowest BCUT2D eigenvalue weighted by Crippen LogP contribution is -1.84. The fourth-order valence-electron chi connectivity index (χ4n) is 1.14. The predicted molar refractivity (Wildman–Crippen MR) is 42.8 cm³/mol. The molecule has 1 aliphatic rings. The molecule has 0 fully saturated rings. The Bertz CT molecular complexity index is 145. The SMILES string of the molecule is OCCCCC1=CC=CC1. The van der Waals surface area contributed by atoms with Crippen LogP contribution in [-0.4, -0.2) is 11.7 Å². The van der Waals surface area contributed by atoms with Gasteiger partial charge < -0.3 is 5.11 Å². The highest BCUT2D eigenvalue weighted by molar-refractivity contribution is 5.22. The molecule has 0 radical (unpaired) electrons. The van der Waals surface area contributed by atoms with Gasteiger partial charge in [0.05, 0.1) is 0 Å². The van der Waals surface area contributed by atoms with Crippen molar-refractivity contribution in [3.8, 4) is 0 Å². The number of allylic oxidation sites excluding steroid dienone is 4. The highest BCUT2D eigenvalue weighted by atomic mass is 16.2. The Morgan fingerprint density at radius 3 is 2.90 bits per heavy atom. The van der Waals surface area contributed by atoms with Crippen LogP contribution in [0.1, 0.15) is 25.7 Å². The Morgan fingerprint density at radius 2 is 2.30 bits per heavy atom. The Kier molecular flexibility index (Phi) is 3.23. The maximum absolute atomic E-state index is 8.51. The second-order valence-electron chi connectivity index (χ2n) is 2.64. The van der Waals surface area contributed by atoms with E-state index in [0.717, 1.165) is 25.7 Å². The quantitative estimate of drug-likeness (QED) is 0.589. The summed E-state index contributed by atoms with van der Waals surface area (Å²) >= 11 is 0. The summed E-state index contributed by atoms with van der Waals surface area (Å²) in [4.78, 5) is 0. The topological polar surface area (TPSA) is 20.2 Å². The van der Waals surface area contributed by atoms with Crippen LogP contribution in [0.25, 0.3) is 0 Å². The fourth-order valence-corrected chi connectivity index (χ4v) is 1.14. The predicted octanol–water partition coefficient (Wildman–Crippen LogP) is 2.04. The number of hydrogen-bond donors (Lipinski definition) is 1. The highest BCUT2D eigenvalue weighted by Gasteiger charge is 1.97. The van der Waals surface area contributed by atoms with Crippen molar-refractivity contribution in [1.82, 2.24) is 0 Å². The number of unbranched alkanes of at least 4 members (excludes halogenated alkanes) is 1. The Hall–Kier alpha value is -0.560. The molecule has 1 N–H and O–H groups in total. The van der Waals surface area contributed by atoms with Gasteiger partial charge in [-0.3, -0.25) is 0 Å². The third-order valence-electron chi connectivity index (χ3n) is 1.75. The van der Waals surface area contributed by atoms with E-state index in [-0.39, 0.29) is 0 Å². The molecular formula is C9H14O. The summed E-state index contributed by atoms with van der Waals surface area (Å²) in [6.07, 6.45) is 10.8. The summed E-state index contributed by atoms with van der Waals surface area (Å²) in [5.41, 5.74) is 1.51. The molecule has 0 unspecified atom stereocenters. The first kappa shape index (κ1) is 7.55. The summed E-state index contributed by atoms with van der Waals surface area (Å²) in [6.45, 7) is 0.334. The summed E-state index contributed by atoms with van der Waals surface area (Å²) < 4.78 is 0. The first-order valence-electron chi connectivity index (χ1n) is 3.89. The Labute approximate surface area is 62.1 Å². The van der Waals surface area contributed by atoms with Crippen molar-refractivity contribution < 1.29 is 5.11 Å². The summed E-state index contributed by atoms with van der Waals surface area (Å²) in [7, 11) is 0. The van der Waals surface area contributed by atoms with Crippen LogP contribution in [0.3, 0.4) is 0 Å². The molecule has 0 aromatic heterocycles. The first-order valence-corrected chi connectivity index (χ1v) is 3.89. The van der Waals surface area contributed by atoms with E-state index in [0.29, 0.717) is 6.61 Å². The van der Waals surface area contributed by atoms with Gasteiger partial charge in [-0.05, 0) is 25.7 Å². The van der Waals surface area contributed by atoms with Crippen molar-refractivity contribution in [1.29, 1.82) is 0 Å². The smallest absolute Gasteiger partial charge is 0.0431 e. The van der Waals surface area contributed by atoms with E-state index < -0.39 is 0 Å². The zero-order valence-electron chi connectivity index (χ0n) is 6.21. The van der Waals surface area contributed by atoms with Gasteiger partial charge in [0.1, 0.15) is 0 Å². The average molecular weight is 138 g/mol. The maximum Gasteiger partial charge on any atom is 0.0431 e. The molecule has 0 amide bonds. The minimum Gasteiger partial charge on any atom is -0.396 e. The van der Waals surface area contributed by atoms with Crippen LogP contribution in [0, 0.1) is 0 Å². The lowest BCUT2D eigenvalue weighted by molar-refractivity contribution is 0.284. The molecular weight excluding hydrogens is 124 g/mol. The second kappa shape index (κ2) is 4.29. The minimum atomic E-state index is 0.334. The molecule has 0 atom stereocenters.